The van der Waals surface area contributed by atoms with Crippen LogP contribution in [0.3, 0.4) is 0 Å². The van der Waals surface area contributed by atoms with Crippen LogP contribution in [0, 0.1) is 5.82 Å². The standard InChI is InChI=1S/C22H17FO11/c23-17-10(5-14(28)19(30)20(17)31)21-16(6-9-11(25)3-8(24)4-15(9)33-21)34-22(32)7-1-12(26)18(29)13(27)2-7/h1-5,16,21,24-31H,6H2/t16-,21+/m1/s1. The highest BCUT2D eigenvalue weighted by Gasteiger charge is 2.39. The number of aromatic hydroxyl groups is 8. The molecule has 3 aromatic rings. The fraction of sp³-hybridized carbons (Fsp3) is 0.136. The van der Waals surface area contributed by atoms with Gasteiger partial charge in [0.25, 0.3) is 0 Å². The van der Waals surface area contributed by atoms with E-state index < -0.39 is 81.1 Å². The van der Waals surface area contributed by atoms with Crippen molar-refractivity contribution in [2.45, 2.75) is 18.6 Å². The molecule has 0 aliphatic carbocycles. The van der Waals surface area contributed by atoms with Crippen molar-refractivity contribution in [2.24, 2.45) is 0 Å². The van der Waals surface area contributed by atoms with Crippen LogP contribution in [0.2, 0.25) is 0 Å². The molecule has 0 amide bonds. The molecule has 1 aliphatic heterocycles. The lowest BCUT2D eigenvalue weighted by molar-refractivity contribution is -0.0200. The van der Waals surface area contributed by atoms with Gasteiger partial charge >= 0.3 is 5.97 Å². The zero-order valence-electron chi connectivity index (χ0n) is 16.9. The number of rotatable bonds is 3. The fourth-order valence-corrected chi connectivity index (χ4v) is 3.59. The number of fused-ring (bicyclic) bond motifs is 1. The quantitative estimate of drug-likeness (QED) is 0.204. The number of carbonyl (C=O) groups is 1. The molecule has 0 unspecified atom stereocenters. The Labute approximate surface area is 189 Å². The highest BCUT2D eigenvalue weighted by atomic mass is 19.1. The van der Waals surface area contributed by atoms with Crippen molar-refractivity contribution in [3.8, 4) is 51.7 Å². The second-order valence-corrected chi connectivity index (χ2v) is 7.49. The summed E-state index contributed by atoms with van der Waals surface area (Å²) >= 11 is 0. The van der Waals surface area contributed by atoms with E-state index in [0.29, 0.717) is 0 Å². The molecule has 0 spiro atoms. The second kappa shape index (κ2) is 7.99. The Hall–Kier alpha value is -4.74. The van der Waals surface area contributed by atoms with Gasteiger partial charge in [0.2, 0.25) is 5.75 Å². The van der Waals surface area contributed by atoms with Crippen molar-refractivity contribution >= 4 is 5.97 Å². The molecule has 0 fully saturated rings. The average molecular weight is 476 g/mol. The van der Waals surface area contributed by atoms with Gasteiger partial charge in [0.1, 0.15) is 23.4 Å². The lowest BCUT2D eigenvalue weighted by atomic mass is 9.93. The highest BCUT2D eigenvalue weighted by Crippen LogP contribution is 2.47. The summed E-state index contributed by atoms with van der Waals surface area (Å²) < 4.78 is 25.8. The number of benzene rings is 3. The monoisotopic (exact) mass is 476 g/mol. The molecular weight excluding hydrogens is 459 g/mol. The van der Waals surface area contributed by atoms with E-state index >= 15 is 0 Å². The number of phenolic OH excluding ortho intramolecular Hbond substituents is 8. The number of hydrogen-bond donors (Lipinski definition) is 8. The molecule has 34 heavy (non-hydrogen) atoms. The summed E-state index contributed by atoms with van der Waals surface area (Å²) in [6.45, 7) is 0. The minimum atomic E-state index is -1.56. The second-order valence-electron chi connectivity index (χ2n) is 7.49. The molecule has 0 aromatic heterocycles. The van der Waals surface area contributed by atoms with Gasteiger partial charge in [-0.15, -0.1) is 0 Å². The van der Waals surface area contributed by atoms with Crippen LogP contribution in [0.15, 0.2) is 30.3 Å². The molecule has 0 saturated carbocycles. The van der Waals surface area contributed by atoms with Crippen molar-refractivity contribution in [3.63, 3.8) is 0 Å². The average Bonchev–Trinajstić information content (AvgIpc) is 2.78. The van der Waals surface area contributed by atoms with Crippen LogP contribution in [-0.2, 0) is 11.2 Å². The maximum Gasteiger partial charge on any atom is 0.338 e. The smallest absolute Gasteiger partial charge is 0.338 e. The first kappa shape index (κ1) is 22.5. The van der Waals surface area contributed by atoms with Gasteiger partial charge in [0.05, 0.1) is 5.56 Å². The fourth-order valence-electron chi connectivity index (χ4n) is 3.59. The lowest BCUT2D eigenvalue weighted by Gasteiger charge is -2.34. The van der Waals surface area contributed by atoms with Crippen molar-refractivity contribution in [1.82, 2.24) is 0 Å². The Morgan fingerprint density at radius 3 is 2.09 bits per heavy atom. The van der Waals surface area contributed by atoms with Crippen LogP contribution in [0.4, 0.5) is 4.39 Å². The van der Waals surface area contributed by atoms with E-state index in [0.717, 1.165) is 30.3 Å². The summed E-state index contributed by atoms with van der Waals surface area (Å²) in [6.07, 6.45) is -3.28. The number of hydrogen-bond acceptors (Lipinski definition) is 11. The topological polar surface area (TPSA) is 197 Å². The van der Waals surface area contributed by atoms with Crippen LogP contribution in [-0.4, -0.2) is 52.9 Å². The minimum absolute atomic E-state index is 0.0795. The van der Waals surface area contributed by atoms with Gasteiger partial charge in [-0.05, 0) is 18.2 Å². The van der Waals surface area contributed by atoms with E-state index in [4.69, 9.17) is 9.47 Å². The largest absolute Gasteiger partial charge is 0.508 e. The Bertz CT molecular complexity index is 1300. The van der Waals surface area contributed by atoms with E-state index in [2.05, 4.69) is 0 Å². The van der Waals surface area contributed by atoms with Gasteiger partial charge in [0, 0.05) is 29.7 Å². The molecule has 12 heteroatoms. The molecule has 0 saturated heterocycles. The molecule has 178 valence electrons. The third-order valence-corrected chi connectivity index (χ3v) is 5.26. The zero-order valence-corrected chi connectivity index (χ0v) is 16.9. The predicted octanol–water partition coefficient (Wildman–Crippen LogP) is 2.37. The zero-order chi connectivity index (χ0) is 24.9. The van der Waals surface area contributed by atoms with Crippen molar-refractivity contribution in [3.05, 3.63) is 52.8 Å². The minimum Gasteiger partial charge on any atom is -0.508 e. The van der Waals surface area contributed by atoms with Crippen LogP contribution in [0.25, 0.3) is 0 Å². The van der Waals surface area contributed by atoms with Crippen LogP contribution < -0.4 is 4.74 Å². The van der Waals surface area contributed by atoms with Gasteiger partial charge in [-0.1, -0.05) is 0 Å². The molecule has 1 aliphatic rings. The van der Waals surface area contributed by atoms with E-state index in [1.165, 1.54) is 0 Å². The van der Waals surface area contributed by atoms with E-state index in [-0.39, 0.29) is 17.7 Å². The molecule has 0 bridgehead atoms. The Morgan fingerprint density at radius 2 is 1.44 bits per heavy atom. The SMILES string of the molecule is O=C(O[C@@H]1Cc2c(O)cc(O)cc2O[C@H]1c1cc(O)c(O)c(O)c1F)c1cc(O)c(O)c(O)c1. The first-order chi connectivity index (χ1) is 16.0. The molecule has 11 nitrogen and oxygen atoms in total. The Balaban J connectivity index is 1.79. The first-order valence-corrected chi connectivity index (χ1v) is 9.58. The van der Waals surface area contributed by atoms with Gasteiger partial charge in [-0.2, -0.15) is 0 Å². The van der Waals surface area contributed by atoms with Gasteiger partial charge < -0.3 is 50.3 Å². The first-order valence-electron chi connectivity index (χ1n) is 9.58. The summed E-state index contributed by atoms with van der Waals surface area (Å²) in [5.74, 6) is -9.30. The van der Waals surface area contributed by atoms with E-state index in [1.807, 2.05) is 0 Å². The third-order valence-electron chi connectivity index (χ3n) is 5.26. The summed E-state index contributed by atoms with van der Waals surface area (Å²) in [7, 11) is 0. The summed E-state index contributed by atoms with van der Waals surface area (Å²) in [6, 6.07) is 4.45. The number of halogens is 1. The third kappa shape index (κ3) is 3.70. The predicted molar refractivity (Wildman–Crippen MR) is 109 cm³/mol. The van der Waals surface area contributed by atoms with Crippen molar-refractivity contribution in [1.29, 1.82) is 0 Å². The van der Waals surface area contributed by atoms with Crippen LogP contribution in [0.5, 0.6) is 51.7 Å². The number of ether oxygens (including phenoxy) is 2. The molecule has 8 N–H and O–H groups in total. The molecule has 2 atom stereocenters. The molecule has 0 radical (unpaired) electrons. The Kier molecular flexibility index (Phi) is 5.28. The molecule has 3 aromatic carbocycles. The Morgan fingerprint density at radius 1 is 0.824 bits per heavy atom. The number of esters is 1. The maximum atomic E-state index is 14.8. The lowest BCUT2D eigenvalue weighted by Crippen LogP contribution is -2.35. The van der Waals surface area contributed by atoms with Crippen LogP contribution >= 0.6 is 0 Å². The van der Waals surface area contributed by atoms with Gasteiger partial charge in [-0.25, -0.2) is 9.18 Å². The maximum absolute atomic E-state index is 14.8. The number of carbonyl (C=O) groups excluding carboxylic acids is 1. The number of phenols is 8. The van der Waals surface area contributed by atoms with Crippen molar-refractivity contribution < 1.29 is 59.5 Å². The highest BCUT2D eigenvalue weighted by molar-refractivity contribution is 5.91. The molecule has 4 rings (SSSR count). The summed E-state index contributed by atoms with van der Waals surface area (Å²) in [5.41, 5.74) is -0.851. The summed E-state index contributed by atoms with van der Waals surface area (Å²) in [5, 5.41) is 77.9. The van der Waals surface area contributed by atoms with Gasteiger partial charge in [-0.3, -0.25) is 0 Å². The van der Waals surface area contributed by atoms with E-state index in [1.54, 1.807) is 0 Å². The van der Waals surface area contributed by atoms with Gasteiger partial charge in [0.15, 0.2) is 40.7 Å². The summed E-state index contributed by atoms with van der Waals surface area (Å²) in [4.78, 5) is 12.7. The van der Waals surface area contributed by atoms with Crippen molar-refractivity contribution in [2.75, 3.05) is 0 Å². The molecular formula is C22H17FO11. The normalized spacial score (nSPS) is 17.0. The van der Waals surface area contributed by atoms with E-state index in [9.17, 15) is 50.0 Å². The van der Waals surface area contributed by atoms with Crippen LogP contribution in [0.1, 0.15) is 27.6 Å². The molecule has 1 heterocycles.